The van der Waals surface area contributed by atoms with Crippen molar-refractivity contribution in [2.75, 3.05) is 38.2 Å². The Morgan fingerprint density at radius 2 is 2.00 bits per heavy atom. The average Bonchev–Trinajstić information content (AvgIpc) is 2.65. The molecule has 2 heterocycles. The first-order valence-corrected chi connectivity index (χ1v) is 10.1. The minimum absolute atomic E-state index is 0.157. The summed E-state index contributed by atoms with van der Waals surface area (Å²) in [7, 11) is 0. The Kier molecular flexibility index (Phi) is 6.43. The molecule has 1 aromatic heterocycles. The normalized spacial score (nSPS) is 16.8. The Labute approximate surface area is 171 Å². The standard InChI is InChI=1S/C21H29ClN4O2/c1-15-6-5-7-16(12-15)18(25-8-10-28-11-9-25)14-23-17-13-24-26(21(2,3)4)20(27)19(17)22/h5-7,12-13,18,23H,8-11,14H2,1-4H3. The molecule has 3 rings (SSSR count). The molecule has 1 aliphatic heterocycles. The molecule has 1 aromatic carbocycles. The predicted molar refractivity (Wildman–Crippen MR) is 113 cm³/mol. The summed E-state index contributed by atoms with van der Waals surface area (Å²) in [5.41, 5.74) is 2.33. The number of aryl methyl sites for hydroxylation is 1. The lowest BCUT2D eigenvalue weighted by Gasteiger charge is -2.35. The number of nitrogens with one attached hydrogen (secondary N) is 1. The number of aromatic nitrogens is 2. The molecule has 1 aliphatic rings. The van der Waals surface area contributed by atoms with Gasteiger partial charge in [-0.3, -0.25) is 9.69 Å². The van der Waals surface area contributed by atoms with Gasteiger partial charge in [-0.15, -0.1) is 0 Å². The van der Waals surface area contributed by atoms with E-state index < -0.39 is 5.54 Å². The zero-order valence-corrected chi connectivity index (χ0v) is 17.8. The van der Waals surface area contributed by atoms with E-state index >= 15 is 0 Å². The quantitative estimate of drug-likeness (QED) is 0.827. The summed E-state index contributed by atoms with van der Waals surface area (Å²) >= 11 is 6.38. The highest BCUT2D eigenvalue weighted by Crippen LogP contribution is 2.25. The van der Waals surface area contributed by atoms with Gasteiger partial charge in [-0.2, -0.15) is 5.10 Å². The summed E-state index contributed by atoms with van der Waals surface area (Å²) in [6, 6.07) is 8.69. The van der Waals surface area contributed by atoms with Crippen LogP contribution in [0.3, 0.4) is 0 Å². The molecule has 0 bridgehead atoms. The molecule has 0 amide bonds. The summed E-state index contributed by atoms with van der Waals surface area (Å²) < 4.78 is 6.93. The van der Waals surface area contributed by atoms with Crippen LogP contribution in [0.4, 0.5) is 5.69 Å². The van der Waals surface area contributed by atoms with Gasteiger partial charge in [-0.05, 0) is 33.3 Å². The highest BCUT2D eigenvalue weighted by molar-refractivity contribution is 6.32. The van der Waals surface area contributed by atoms with Gasteiger partial charge in [-0.1, -0.05) is 41.4 Å². The van der Waals surface area contributed by atoms with Crippen LogP contribution in [-0.2, 0) is 10.3 Å². The number of hydrogen-bond acceptors (Lipinski definition) is 5. The molecule has 152 valence electrons. The van der Waals surface area contributed by atoms with Crippen LogP contribution in [-0.4, -0.2) is 47.5 Å². The SMILES string of the molecule is Cc1cccc(C(CNc2cnn(C(C)(C)C)c(=O)c2Cl)N2CCOCC2)c1. The maximum Gasteiger partial charge on any atom is 0.288 e. The lowest BCUT2D eigenvalue weighted by Crippen LogP contribution is -2.42. The number of benzene rings is 1. The number of halogens is 1. The molecule has 1 saturated heterocycles. The smallest absolute Gasteiger partial charge is 0.288 e. The Morgan fingerprint density at radius 3 is 2.64 bits per heavy atom. The fourth-order valence-electron chi connectivity index (χ4n) is 3.46. The van der Waals surface area contributed by atoms with Crippen molar-refractivity contribution in [3.8, 4) is 0 Å². The molecule has 0 spiro atoms. The fraction of sp³-hybridized carbons (Fsp3) is 0.524. The molecule has 2 aromatic rings. The van der Waals surface area contributed by atoms with Gasteiger partial charge in [0.25, 0.3) is 5.56 Å². The lowest BCUT2D eigenvalue weighted by molar-refractivity contribution is 0.0187. The third kappa shape index (κ3) is 4.74. The number of nitrogens with zero attached hydrogens (tertiary/aromatic N) is 3. The maximum absolute atomic E-state index is 12.6. The molecule has 1 unspecified atom stereocenters. The van der Waals surface area contributed by atoms with E-state index in [-0.39, 0.29) is 16.6 Å². The average molecular weight is 405 g/mol. The van der Waals surface area contributed by atoms with Crippen LogP contribution in [0.2, 0.25) is 5.02 Å². The molecule has 1 fully saturated rings. The molecule has 0 aliphatic carbocycles. The van der Waals surface area contributed by atoms with E-state index in [1.54, 1.807) is 6.20 Å². The second-order valence-corrected chi connectivity index (χ2v) is 8.60. The monoisotopic (exact) mass is 404 g/mol. The predicted octanol–water partition coefficient (Wildman–Crippen LogP) is 3.45. The molecular formula is C21H29ClN4O2. The lowest BCUT2D eigenvalue weighted by atomic mass is 10.0. The molecule has 0 radical (unpaired) electrons. The molecule has 28 heavy (non-hydrogen) atoms. The van der Waals surface area contributed by atoms with Gasteiger partial charge in [-0.25, -0.2) is 4.68 Å². The molecular weight excluding hydrogens is 376 g/mol. The van der Waals surface area contributed by atoms with Gasteiger partial charge in [0.05, 0.1) is 36.7 Å². The van der Waals surface area contributed by atoms with Crippen molar-refractivity contribution in [1.29, 1.82) is 0 Å². The van der Waals surface area contributed by atoms with E-state index in [1.807, 2.05) is 20.8 Å². The Morgan fingerprint density at radius 1 is 1.29 bits per heavy atom. The first kappa shape index (κ1) is 20.8. The van der Waals surface area contributed by atoms with Crippen molar-refractivity contribution >= 4 is 17.3 Å². The van der Waals surface area contributed by atoms with Crippen molar-refractivity contribution in [3.63, 3.8) is 0 Å². The van der Waals surface area contributed by atoms with Crippen molar-refractivity contribution in [2.45, 2.75) is 39.3 Å². The van der Waals surface area contributed by atoms with Crippen LogP contribution in [0.15, 0.2) is 35.3 Å². The largest absolute Gasteiger partial charge is 0.380 e. The topological polar surface area (TPSA) is 59.4 Å². The molecule has 0 saturated carbocycles. The second-order valence-electron chi connectivity index (χ2n) is 8.22. The van der Waals surface area contributed by atoms with E-state index in [4.69, 9.17) is 16.3 Å². The summed E-state index contributed by atoms with van der Waals surface area (Å²) in [6.07, 6.45) is 1.64. The van der Waals surface area contributed by atoms with Gasteiger partial charge in [0.1, 0.15) is 5.02 Å². The summed E-state index contributed by atoms with van der Waals surface area (Å²) in [6.45, 7) is 11.7. The third-order valence-corrected chi connectivity index (χ3v) is 5.32. The molecule has 1 N–H and O–H groups in total. The minimum Gasteiger partial charge on any atom is -0.380 e. The zero-order valence-electron chi connectivity index (χ0n) is 17.0. The molecule has 6 nitrogen and oxygen atoms in total. The number of ether oxygens (including phenoxy) is 1. The van der Waals surface area contributed by atoms with E-state index in [9.17, 15) is 4.79 Å². The number of hydrogen-bond donors (Lipinski definition) is 1. The summed E-state index contributed by atoms with van der Waals surface area (Å²) in [5.74, 6) is 0. The second kappa shape index (κ2) is 8.64. The number of rotatable bonds is 5. The number of morpholine rings is 1. The maximum atomic E-state index is 12.6. The Hall–Kier alpha value is -1.89. The van der Waals surface area contributed by atoms with Gasteiger partial charge in [0.15, 0.2) is 0 Å². The van der Waals surface area contributed by atoms with Gasteiger partial charge in [0, 0.05) is 19.6 Å². The first-order valence-electron chi connectivity index (χ1n) is 9.68. The van der Waals surface area contributed by atoms with E-state index in [0.29, 0.717) is 12.2 Å². The van der Waals surface area contributed by atoms with Crippen LogP contribution < -0.4 is 10.9 Å². The summed E-state index contributed by atoms with van der Waals surface area (Å²) in [5, 5.41) is 7.84. The van der Waals surface area contributed by atoms with Crippen LogP contribution in [0, 0.1) is 6.92 Å². The highest BCUT2D eigenvalue weighted by atomic mass is 35.5. The van der Waals surface area contributed by atoms with Crippen molar-refractivity contribution in [3.05, 3.63) is 57.0 Å². The first-order chi connectivity index (χ1) is 13.3. The van der Waals surface area contributed by atoms with Crippen LogP contribution >= 0.6 is 11.6 Å². The van der Waals surface area contributed by atoms with Crippen LogP contribution in [0.5, 0.6) is 0 Å². The van der Waals surface area contributed by atoms with Gasteiger partial charge < -0.3 is 10.1 Å². The van der Waals surface area contributed by atoms with Crippen LogP contribution in [0.25, 0.3) is 0 Å². The van der Waals surface area contributed by atoms with Gasteiger partial charge in [0.2, 0.25) is 0 Å². The highest BCUT2D eigenvalue weighted by Gasteiger charge is 2.24. The minimum atomic E-state index is -0.419. The van der Waals surface area contributed by atoms with Crippen molar-refractivity contribution < 1.29 is 4.74 Å². The molecule has 7 heteroatoms. The Bertz CT molecular complexity index is 869. The van der Waals surface area contributed by atoms with Crippen molar-refractivity contribution in [2.24, 2.45) is 0 Å². The number of anilines is 1. The van der Waals surface area contributed by atoms with Crippen molar-refractivity contribution in [1.82, 2.24) is 14.7 Å². The molecule has 1 atom stereocenters. The zero-order chi connectivity index (χ0) is 20.3. The Balaban J connectivity index is 1.84. The van der Waals surface area contributed by atoms with E-state index in [1.165, 1.54) is 15.8 Å². The summed E-state index contributed by atoms with van der Waals surface area (Å²) in [4.78, 5) is 15.0. The van der Waals surface area contributed by atoms with E-state index in [0.717, 1.165) is 26.3 Å². The van der Waals surface area contributed by atoms with E-state index in [2.05, 4.69) is 46.5 Å². The third-order valence-electron chi connectivity index (χ3n) is 4.95. The van der Waals surface area contributed by atoms with Crippen LogP contribution in [0.1, 0.15) is 37.9 Å². The van der Waals surface area contributed by atoms with Gasteiger partial charge >= 0.3 is 0 Å². The fourth-order valence-corrected chi connectivity index (χ4v) is 3.66.